The number of hydrogen-bond acceptors (Lipinski definition) is 4. The van der Waals surface area contributed by atoms with Crippen LogP contribution in [0.2, 0.25) is 5.02 Å². The van der Waals surface area contributed by atoms with Gasteiger partial charge >= 0.3 is 6.09 Å². The Bertz CT molecular complexity index is 550. The van der Waals surface area contributed by atoms with Crippen LogP contribution in [0.1, 0.15) is 26.3 Å². The predicted octanol–water partition coefficient (Wildman–Crippen LogP) is 3.93. The van der Waals surface area contributed by atoms with Gasteiger partial charge in [0.2, 0.25) is 6.20 Å². The van der Waals surface area contributed by atoms with Crippen LogP contribution in [-0.2, 0) is 4.74 Å². The average molecular weight is 299 g/mol. The van der Waals surface area contributed by atoms with Gasteiger partial charge in [0.25, 0.3) is 0 Å². The number of nitro groups is 1. The molecule has 0 saturated carbocycles. The van der Waals surface area contributed by atoms with E-state index in [4.69, 9.17) is 16.3 Å². The molecule has 1 rings (SSSR count). The van der Waals surface area contributed by atoms with Gasteiger partial charge in [-0.2, -0.15) is 0 Å². The Kier molecular flexibility index (Phi) is 5.10. The van der Waals surface area contributed by atoms with Crippen molar-refractivity contribution in [2.75, 3.05) is 5.32 Å². The molecular weight excluding hydrogens is 284 g/mol. The zero-order valence-corrected chi connectivity index (χ0v) is 12.1. The van der Waals surface area contributed by atoms with Crippen LogP contribution in [0.25, 0.3) is 6.08 Å². The SMILES string of the molecule is CC(C)(C)OC(=O)Nc1cc(Cl)ccc1/C=C/[N+](=O)[O-]. The molecule has 6 nitrogen and oxygen atoms in total. The molecule has 0 aromatic heterocycles. The summed E-state index contributed by atoms with van der Waals surface area (Å²) in [7, 11) is 0. The van der Waals surface area contributed by atoms with E-state index < -0.39 is 16.6 Å². The van der Waals surface area contributed by atoms with Gasteiger partial charge in [0, 0.05) is 16.7 Å². The maximum Gasteiger partial charge on any atom is 0.412 e. The summed E-state index contributed by atoms with van der Waals surface area (Å²) in [6, 6.07) is 4.63. The van der Waals surface area contributed by atoms with E-state index in [9.17, 15) is 14.9 Å². The Morgan fingerprint density at radius 3 is 2.65 bits per heavy atom. The van der Waals surface area contributed by atoms with E-state index in [0.29, 0.717) is 16.3 Å². The number of carbonyl (C=O) groups is 1. The number of hydrogen-bond donors (Lipinski definition) is 1. The number of halogens is 1. The van der Waals surface area contributed by atoms with Crippen LogP contribution in [0.5, 0.6) is 0 Å². The fourth-order valence-corrected chi connectivity index (χ4v) is 1.51. The fraction of sp³-hybridized carbons (Fsp3) is 0.308. The van der Waals surface area contributed by atoms with Crippen LogP contribution in [-0.4, -0.2) is 16.6 Å². The molecule has 0 spiro atoms. The molecule has 0 unspecified atom stereocenters. The molecule has 20 heavy (non-hydrogen) atoms. The van der Waals surface area contributed by atoms with Gasteiger partial charge < -0.3 is 4.74 Å². The van der Waals surface area contributed by atoms with Crippen LogP contribution in [0, 0.1) is 10.1 Å². The maximum absolute atomic E-state index is 11.7. The Morgan fingerprint density at radius 1 is 1.45 bits per heavy atom. The van der Waals surface area contributed by atoms with E-state index in [1.165, 1.54) is 12.1 Å². The molecule has 7 heteroatoms. The predicted molar refractivity (Wildman–Crippen MR) is 77.3 cm³/mol. The van der Waals surface area contributed by atoms with Crippen molar-refractivity contribution in [1.29, 1.82) is 0 Å². The van der Waals surface area contributed by atoms with Gasteiger partial charge in [0.15, 0.2) is 0 Å². The molecule has 0 heterocycles. The van der Waals surface area contributed by atoms with Crippen molar-refractivity contribution < 1.29 is 14.5 Å². The Balaban J connectivity index is 2.95. The zero-order valence-electron chi connectivity index (χ0n) is 11.3. The van der Waals surface area contributed by atoms with Crippen LogP contribution in [0.4, 0.5) is 10.5 Å². The lowest BCUT2D eigenvalue weighted by molar-refractivity contribution is -0.400. The van der Waals surface area contributed by atoms with E-state index in [2.05, 4.69) is 5.32 Å². The van der Waals surface area contributed by atoms with Crippen molar-refractivity contribution in [1.82, 2.24) is 0 Å². The summed E-state index contributed by atoms with van der Waals surface area (Å²) in [5, 5.41) is 13.3. The van der Waals surface area contributed by atoms with E-state index in [1.54, 1.807) is 32.9 Å². The standard InChI is InChI=1S/C13H15ClN2O4/c1-13(2,3)20-12(17)15-11-8-10(14)5-4-9(11)6-7-16(18)19/h4-8H,1-3H3,(H,15,17)/b7-6+. The third-order valence-corrected chi connectivity index (χ3v) is 2.26. The van der Waals surface area contributed by atoms with E-state index >= 15 is 0 Å². The van der Waals surface area contributed by atoms with E-state index in [0.717, 1.165) is 6.20 Å². The number of ether oxygens (including phenoxy) is 1. The van der Waals surface area contributed by atoms with Crippen LogP contribution in [0.15, 0.2) is 24.4 Å². The number of amides is 1. The van der Waals surface area contributed by atoms with Gasteiger partial charge in [-0.1, -0.05) is 17.7 Å². The summed E-state index contributed by atoms with van der Waals surface area (Å²) < 4.78 is 5.11. The summed E-state index contributed by atoms with van der Waals surface area (Å²) in [5.41, 5.74) is 0.154. The minimum atomic E-state index is -0.657. The lowest BCUT2D eigenvalue weighted by atomic mass is 10.1. The summed E-state index contributed by atoms with van der Waals surface area (Å²) in [6.07, 6.45) is 1.39. The lowest BCUT2D eigenvalue weighted by Gasteiger charge is -2.20. The van der Waals surface area contributed by atoms with Crippen molar-refractivity contribution in [2.24, 2.45) is 0 Å². The second kappa shape index (κ2) is 6.38. The number of benzene rings is 1. The van der Waals surface area contributed by atoms with Crippen LogP contribution in [0.3, 0.4) is 0 Å². The molecule has 0 radical (unpaired) electrons. The number of carbonyl (C=O) groups excluding carboxylic acids is 1. The molecule has 0 aliphatic carbocycles. The van der Waals surface area contributed by atoms with Crippen molar-refractivity contribution in [3.05, 3.63) is 45.1 Å². The quantitative estimate of drug-likeness (QED) is 0.677. The largest absolute Gasteiger partial charge is 0.444 e. The van der Waals surface area contributed by atoms with Gasteiger partial charge in [-0.25, -0.2) is 4.79 Å². The van der Waals surface area contributed by atoms with Crippen molar-refractivity contribution in [3.8, 4) is 0 Å². The minimum absolute atomic E-state index is 0.338. The van der Waals surface area contributed by atoms with Gasteiger partial charge in [-0.05, 0) is 32.9 Å². The molecule has 0 aliphatic heterocycles. The molecule has 0 aliphatic rings. The molecule has 1 aromatic carbocycles. The first-order chi connectivity index (χ1) is 9.17. The van der Waals surface area contributed by atoms with Crippen molar-refractivity contribution in [2.45, 2.75) is 26.4 Å². The fourth-order valence-electron chi connectivity index (χ4n) is 1.34. The lowest BCUT2D eigenvalue weighted by Crippen LogP contribution is -2.27. The van der Waals surface area contributed by atoms with Crippen LogP contribution >= 0.6 is 11.6 Å². The molecule has 0 bridgehead atoms. The van der Waals surface area contributed by atoms with Crippen molar-refractivity contribution in [3.63, 3.8) is 0 Å². The summed E-state index contributed by atoms with van der Waals surface area (Å²) >= 11 is 5.85. The highest BCUT2D eigenvalue weighted by Crippen LogP contribution is 2.23. The second-order valence-corrected chi connectivity index (χ2v) is 5.40. The smallest absolute Gasteiger partial charge is 0.412 e. The number of anilines is 1. The van der Waals surface area contributed by atoms with Gasteiger partial charge in [-0.15, -0.1) is 0 Å². The normalized spacial score (nSPS) is 11.4. The highest BCUT2D eigenvalue weighted by Gasteiger charge is 2.17. The van der Waals surface area contributed by atoms with E-state index in [-0.39, 0.29) is 0 Å². The molecule has 1 amide bonds. The Hall–Kier alpha value is -2.08. The van der Waals surface area contributed by atoms with Gasteiger partial charge in [-0.3, -0.25) is 15.4 Å². The molecule has 0 fully saturated rings. The zero-order chi connectivity index (χ0) is 15.3. The third kappa shape index (κ3) is 5.71. The molecule has 0 saturated heterocycles. The van der Waals surface area contributed by atoms with E-state index in [1.807, 2.05) is 0 Å². The van der Waals surface area contributed by atoms with Gasteiger partial charge in [0.05, 0.1) is 10.6 Å². The highest BCUT2D eigenvalue weighted by molar-refractivity contribution is 6.31. The average Bonchev–Trinajstić information content (AvgIpc) is 2.24. The minimum Gasteiger partial charge on any atom is -0.444 e. The molecular formula is C13H15ClN2O4. The summed E-state index contributed by atoms with van der Waals surface area (Å²) in [6.45, 7) is 5.20. The summed E-state index contributed by atoms with van der Waals surface area (Å²) in [4.78, 5) is 21.4. The van der Waals surface area contributed by atoms with Crippen LogP contribution < -0.4 is 5.32 Å². The number of nitrogens with one attached hydrogen (secondary N) is 1. The van der Waals surface area contributed by atoms with Gasteiger partial charge in [0.1, 0.15) is 5.60 Å². The first-order valence-electron chi connectivity index (χ1n) is 5.78. The highest BCUT2D eigenvalue weighted by atomic mass is 35.5. The molecule has 1 aromatic rings. The third-order valence-electron chi connectivity index (χ3n) is 2.03. The first-order valence-corrected chi connectivity index (χ1v) is 6.16. The number of rotatable bonds is 3. The first kappa shape index (κ1) is 16.0. The monoisotopic (exact) mass is 298 g/mol. The topological polar surface area (TPSA) is 81.5 Å². The molecule has 1 N–H and O–H groups in total. The number of nitrogens with zero attached hydrogens (tertiary/aromatic N) is 1. The second-order valence-electron chi connectivity index (χ2n) is 4.96. The summed E-state index contributed by atoms with van der Waals surface area (Å²) in [5.74, 6) is 0. The van der Waals surface area contributed by atoms with Crippen molar-refractivity contribution >= 4 is 29.5 Å². The molecule has 0 atom stereocenters. The Labute approximate surface area is 121 Å². The Morgan fingerprint density at radius 2 is 2.10 bits per heavy atom. The maximum atomic E-state index is 11.7. The molecule has 108 valence electrons.